The lowest BCUT2D eigenvalue weighted by Gasteiger charge is -2.08. The molecule has 0 spiro atoms. The number of amides is 1. The van der Waals surface area contributed by atoms with Crippen molar-refractivity contribution in [3.63, 3.8) is 0 Å². The van der Waals surface area contributed by atoms with Crippen molar-refractivity contribution in [2.45, 2.75) is 13.0 Å². The summed E-state index contributed by atoms with van der Waals surface area (Å²) in [5.41, 5.74) is 2.61. The van der Waals surface area contributed by atoms with Gasteiger partial charge in [-0.1, -0.05) is 29.8 Å². The molecule has 0 saturated heterocycles. The van der Waals surface area contributed by atoms with E-state index < -0.39 is 0 Å². The third-order valence-corrected chi connectivity index (χ3v) is 4.06. The van der Waals surface area contributed by atoms with Crippen molar-refractivity contribution in [1.82, 2.24) is 15.3 Å². The molecule has 0 fully saturated rings. The highest BCUT2D eigenvalue weighted by molar-refractivity contribution is 6.30. The minimum atomic E-state index is -0.123. The van der Waals surface area contributed by atoms with Crippen LogP contribution in [0.3, 0.4) is 0 Å². The van der Waals surface area contributed by atoms with Gasteiger partial charge in [0.25, 0.3) is 5.91 Å². The maximum atomic E-state index is 12.3. The zero-order valence-electron chi connectivity index (χ0n) is 14.2. The van der Waals surface area contributed by atoms with Crippen LogP contribution in [0.25, 0.3) is 0 Å². The van der Waals surface area contributed by atoms with Gasteiger partial charge in [0.1, 0.15) is 5.82 Å². The molecule has 1 aromatic carbocycles. The van der Waals surface area contributed by atoms with E-state index in [1.807, 2.05) is 42.5 Å². The smallest absolute Gasteiger partial charge is 0.251 e. The number of nitrogens with one attached hydrogen (secondary N) is 2. The fraction of sp³-hybridized carbons (Fsp3) is 0.150. The van der Waals surface area contributed by atoms with Gasteiger partial charge >= 0.3 is 0 Å². The predicted octanol–water partition coefficient (Wildman–Crippen LogP) is 3.71. The molecule has 0 aliphatic rings. The lowest BCUT2D eigenvalue weighted by Crippen LogP contribution is -2.25. The Morgan fingerprint density at radius 3 is 2.62 bits per heavy atom. The topological polar surface area (TPSA) is 66.9 Å². The van der Waals surface area contributed by atoms with E-state index in [4.69, 9.17) is 11.6 Å². The quantitative estimate of drug-likeness (QED) is 0.668. The van der Waals surface area contributed by atoms with Crippen molar-refractivity contribution in [2.75, 3.05) is 11.9 Å². The standard InChI is InChI=1S/C20H19ClN4O/c21-17-6-4-15(5-7-17)8-11-24-20(26)16-9-12-23-19(13-16)25-14-18-3-1-2-10-22-18/h1-7,9-10,12-13H,8,11,14H2,(H,23,25)(H,24,26). The minimum Gasteiger partial charge on any atom is -0.364 e. The number of hydrogen-bond donors (Lipinski definition) is 2. The molecule has 0 aliphatic heterocycles. The van der Waals surface area contributed by atoms with E-state index in [1.54, 1.807) is 24.5 Å². The molecular formula is C20H19ClN4O. The van der Waals surface area contributed by atoms with Gasteiger partial charge in [-0.3, -0.25) is 9.78 Å². The first-order valence-corrected chi connectivity index (χ1v) is 8.71. The fourth-order valence-corrected chi connectivity index (χ4v) is 2.55. The Morgan fingerprint density at radius 1 is 1.00 bits per heavy atom. The average molecular weight is 367 g/mol. The summed E-state index contributed by atoms with van der Waals surface area (Å²) >= 11 is 5.87. The number of halogens is 1. The van der Waals surface area contributed by atoms with Crippen LogP contribution < -0.4 is 10.6 Å². The van der Waals surface area contributed by atoms with Crippen molar-refractivity contribution < 1.29 is 4.79 Å². The number of benzene rings is 1. The molecule has 3 aromatic rings. The molecule has 1 amide bonds. The molecule has 5 nitrogen and oxygen atoms in total. The largest absolute Gasteiger partial charge is 0.364 e. The van der Waals surface area contributed by atoms with Crippen molar-refractivity contribution in [2.24, 2.45) is 0 Å². The Bertz CT molecular complexity index is 853. The summed E-state index contributed by atoms with van der Waals surface area (Å²) < 4.78 is 0. The van der Waals surface area contributed by atoms with E-state index in [9.17, 15) is 4.79 Å². The molecule has 0 unspecified atom stereocenters. The molecule has 6 heteroatoms. The lowest BCUT2D eigenvalue weighted by atomic mass is 10.1. The summed E-state index contributed by atoms with van der Waals surface area (Å²) in [6.07, 6.45) is 4.11. The van der Waals surface area contributed by atoms with Crippen LogP contribution in [-0.4, -0.2) is 22.4 Å². The fourth-order valence-electron chi connectivity index (χ4n) is 2.43. The number of anilines is 1. The number of rotatable bonds is 7. The van der Waals surface area contributed by atoms with E-state index in [0.29, 0.717) is 29.5 Å². The van der Waals surface area contributed by atoms with Crippen LogP contribution in [0.1, 0.15) is 21.6 Å². The molecule has 0 saturated carbocycles. The molecule has 0 radical (unpaired) electrons. The highest BCUT2D eigenvalue weighted by atomic mass is 35.5. The highest BCUT2D eigenvalue weighted by Gasteiger charge is 2.07. The Kier molecular flexibility index (Phi) is 6.17. The minimum absolute atomic E-state index is 0.123. The third-order valence-electron chi connectivity index (χ3n) is 3.81. The van der Waals surface area contributed by atoms with Crippen LogP contribution in [0, 0.1) is 0 Å². The van der Waals surface area contributed by atoms with E-state index in [-0.39, 0.29) is 5.91 Å². The number of pyridine rings is 2. The summed E-state index contributed by atoms with van der Waals surface area (Å²) in [4.78, 5) is 20.8. The van der Waals surface area contributed by atoms with Gasteiger partial charge in [0.2, 0.25) is 0 Å². The maximum absolute atomic E-state index is 12.3. The number of carbonyl (C=O) groups excluding carboxylic acids is 1. The molecule has 2 heterocycles. The maximum Gasteiger partial charge on any atom is 0.251 e. The average Bonchev–Trinajstić information content (AvgIpc) is 2.69. The molecule has 26 heavy (non-hydrogen) atoms. The monoisotopic (exact) mass is 366 g/mol. The van der Waals surface area contributed by atoms with Gasteiger partial charge in [-0.25, -0.2) is 4.98 Å². The van der Waals surface area contributed by atoms with E-state index in [1.165, 1.54) is 0 Å². The number of hydrogen-bond acceptors (Lipinski definition) is 4. The second-order valence-electron chi connectivity index (χ2n) is 5.74. The van der Waals surface area contributed by atoms with Gasteiger partial charge in [0, 0.05) is 29.5 Å². The molecule has 2 aromatic heterocycles. The van der Waals surface area contributed by atoms with Crippen LogP contribution in [0.15, 0.2) is 67.0 Å². The molecule has 3 rings (SSSR count). The molecule has 0 atom stereocenters. The molecule has 2 N–H and O–H groups in total. The van der Waals surface area contributed by atoms with Gasteiger partial charge in [0.15, 0.2) is 0 Å². The summed E-state index contributed by atoms with van der Waals surface area (Å²) in [5.74, 6) is 0.517. The predicted molar refractivity (Wildman–Crippen MR) is 103 cm³/mol. The van der Waals surface area contributed by atoms with Crippen LogP contribution in [0.4, 0.5) is 5.82 Å². The Hall–Kier alpha value is -2.92. The zero-order chi connectivity index (χ0) is 18.2. The van der Waals surface area contributed by atoms with Crippen LogP contribution in [-0.2, 0) is 13.0 Å². The summed E-state index contributed by atoms with van der Waals surface area (Å²) in [7, 11) is 0. The normalized spacial score (nSPS) is 10.3. The molecule has 0 aliphatic carbocycles. The lowest BCUT2D eigenvalue weighted by molar-refractivity contribution is 0.0954. The zero-order valence-corrected chi connectivity index (χ0v) is 14.9. The second-order valence-corrected chi connectivity index (χ2v) is 6.17. The Labute approximate surface area is 157 Å². The van der Waals surface area contributed by atoms with E-state index >= 15 is 0 Å². The summed E-state index contributed by atoms with van der Waals surface area (Å²) in [6, 6.07) is 16.8. The van der Waals surface area contributed by atoms with E-state index in [2.05, 4.69) is 20.6 Å². The van der Waals surface area contributed by atoms with Gasteiger partial charge < -0.3 is 10.6 Å². The first-order chi connectivity index (χ1) is 12.7. The van der Waals surface area contributed by atoms with Gasteiger partial charge in [0.05, 0.1) is 12.2 Å². The van der Waals surface area contributed by atoms with Crippen LogP contribution >= 0.6 is 11.6 Å². The van der Waals surface area contributed by atoms with Crippen molar-refractivity contribution >= 4 is 23.3 Å². The third kappa shape index (κ3) is 5.29. The van der Waals surface area contributed by atoms with Crippen molar-refractivity contribution in [1.29, 1.82) is 0 Å². The van der Waals surface area contributed by atoms with Gasteiger partial charge in [-0.15, -0.1) is 0 Å². The summed E-state index contributed by atoms with van der Waals surface area (Å²) in [6.45, 7) is 1.11. The first-order valence-electron chi connectivity index (χ1n) is 8.33. The van der Waals surface area contributed by atoms with E-state index in [0.717, 1.165) is 17.7 Å². The molecular weight excluding hydrogens is 348 g/mol. The first kappa shape index (κ1) is 17.9. The van der Waals surface area contributed by atoms with Crippen molar-refractivity contribution in [3.8, 4) is 0 Å². The van der Waals surface area contributed by atoms with Crippen LogP contribution in [0.5, 0.6) is 0 Å². The highest BCUT2D eigenvalue weighted by Crippen LogP contribution is 2.10. The Balaban J connectivity index is 1.51. The SMILES string of the molecule is O=C(NCCc1ccc(Cl)cc1)c1ccnc(NCc2ccccn2)c1. The number of aromatic nitrogens is 2. The Morgan fingerprint density at radius 2 is 1.85 bits per heavy atom. The molecule has 132 valence electrons. The van der Waals surface area contributed by atoms with Crippen molar-refractivity contribution in [3.05, 3.63) is 88.8 Å². The summed E-state index contributed by atoms with van der Waals surface area (Å²) in [5, 5.41) is 6.81. The van der Waals surface area contributed by atoms with Crippen LogP contribution in [0.2, 0.25) is 5.02 Å². The second kappa shape index (κ2) is 8.97. The number of nitrogens with zero attached hydrogens (tertiary/aromatic N) is 2. The van der Waals surface area contributed by atoms with Gasteiger partial charge in [-0.05, 0) is 48.4 Å². The molecule has 0 bridgehead atoms. The number of carbonyl (C=O) groups is 1. The van der Waals surface area contributed by atoms with Gasteiger partial charge in [-0.2, -0.15) is 0 Å².